The summed E-state index contributed by atoms with van der Waals surface area (Å²) in [5.74, 6) is 0. The van der Waals surface area contributed by atoms with Crippen LogP contribution >= 0.6 is 27.7 Å². The van der Waals surface area contributed by atoms with Crippen LogP contribution in [0.25, 0.3) is 0 Å². The molecule has 0 spiro atoms. The first-order chi connectivity index (χ1) is 7.69. The van der Waals surface area contributed by atoms with Crippen LogP contribution in [0.4, 0.5) is 0 Å². The van der Waals surface area contributed by atoms with Gasteiger partial charge in [0.25, 0.3) is 10.0 Å². The molecule has 0 atom stereocenters. The lowest BCUT2D eigenvalue weighted by atomic mass is 10.2. The SMILES string of the molecule is CSC(C)(C)CNS(=O)(=O)c1c(Br)nnn1C. The maximum atomic E-state index is 12.0. The molecule has 0 saturated carbocycles. The summed E-state index contributed by atoms with van der Waals surface area (Å²) in [6, 6.07) is 0. The molecule has 1 rings (SSSR count). The van der Waals surface area contributed by atoms with Gasteiger partial charge < -0.3 is 0 Å². The number of hydrogen-bond donors (Lipinski definition) is 1. The quantitative estimate of drug-likeness (QED) is 0.863. The Kier molecular flexibility index (Phi) is 4.61. The van der Waals surface area contributed by atoms with Gasteiger partial charge in [0.2, 0.25) is 5.03 Å². The number of nitrogens with zero attached hydrogens (tertiary/aromatic N) is 3. The molecule has 0 fully saturated rings. The fraction of sp³-hybridized carbons (Fsp3) is 0.750. The Labute approximate surface area is 114 Å². The zero-order chi connectivity index (χ0) is 13.3. The zero-order valence-electron chi connectivity index (χ0n) is 10.1. The largest absolute Gasteiger partial charge is 0.260 e. The van der Waals surface area contributed by atoms with Gasteiger partial charge in [0, 0.05) is 18.3 Å². The van der Waals surface area contributed by atoms with Crippen LogP contribution in [0.2, 0.25) is 0 Å². The molecule has 0 unspecified atom stereocenters. The third-order valence-electron chi connectivity index (χ3n) is 2.23. The van der Waals surface area contributed by atoms with Gasteiger partial charge >= 0.3 is 0 Å². The van der Waals surface area contributed by atoms with Crippen LogP contribution in [-0.2, 0) is 17.1 Å². The van der Waals surface area contributed by atoms with Crippen LogP contribution in [0.15, 0.2) is 9.63 Å². The van der Waals surface area contributed by atoms with Crippen molar-refractivity contribution < 1.29 is 8.42 Å². The standard InChI is InChI=1S/C8H15BrN4O2S2/c1-8(2,16-4)5-10-17(14,15)7-6(9)11-12-13(7)3/h10H,5H2,1-4H3. The number of halogens is 1. The highest BCUT2D eigenvalue weighted by molar-refractivity contribution is 9.10. The van der Waals surface area contributed by atoms with E-state index in [1.165, 1.54) is 11.7 Å². The first kappa shape index (κ1) is 14.9. The van der Waals surface area contributed by atoms with E-state index in [1.54, 1.807) is 11.8 Å². The van der Waals surface area contributed by atoms with E-state index in [2.05, 4.69) is 31.0 Å². The number of nitrogens with one attached hydrogen (secondary N) is 1. The molecule has 0 aliphatic carbocycles. The normalized spacial score (nSPS) is 13.0. The summed E-state index contributed by atoms with van der Waals surface area (Å²) in [5, 5.41) is 7.33. The number of hydrogen-bond acceptors (Lipinski definition) is 5. The third-order valence-corrected chi connectivity index (χ3v) is 5.77. The molecule has 1 aromatic heterocycles. The first-order valence-electron chi connectivity index (χ1n) is 4.79. The minimum atomic E-state index is -3.59. The van der Waals surface area contributed by atoms with Crippen molar-refractivity contribution in [1.29, 1.82) is 0 Å². The molecule has 0 aromatic carbocycles. The van der Waals surface area contributed by atoms with Crippen LogP contribution < -0.4 is 4.72 Å². The van der Waals surface area contributed by atoms with E-state index < -0.39 is 10.0 Å². The second kappa shape index (κ2) is 5.25. The number of rotatable bonds is 5. The summed E-state index contributed by atoms with van der Waals surface area (Å²) in [6.45, 7) is 4.28. The van der Waals surface area contributed by atoms with Crippen LogP contribution in [-0.4, -0.2) is 41.0 Å². The lowest BCUT2D eigenvalue weighted by molar-refractivity contribution is 0.552. The van der Waals surface area contributed by atoms with Crippen molar-refractivity contribution in [1.82, 2.24) is 19.7 Å². The third kappa shape index (κ3) is 3.67. The number of aromatic nitrogens is 3. The van der Waals surface area contributed by atoms with E-state index in [0.717, 1.165) is 0 Å². The molecular formula is C8H15BrN4O2S2. The van der Waals surface area contributed by atoms with Gasteiger partial charge in [-0.3, -0.25) is 0 Å². The van der Waals surface area contributed by atoms with Crippen molar-refractivity contribution in [2.75, 3.05) is 12.8 Å². The summed E-state index contributed by atoms with van der Waals surface area (Å²) in [5.41, 5.74) is 0. The summed E-state index contributed by atoms with van der Waals surface area (Å²) in [6.07, 6.45) is 1.94. The van der Waals surface area contributed by atoms with Gasteiger partial charge in [-0.25, -0.2) is 17.8 Å². The van der Waals surface area contributed by atoms with Crippen LogP contribution in [0.5, 0.6) is 0 Å². The van der Waals surface area contributed by atoms with E-state index in [0.29, 0.717) is 6.54 Å². The molecule has 0 aliphatic heterocycles. The summed E-state index contributed by atoms with van der Waals surface area (Å²) in [7, 11) is -2.06. The molecule has 6 nitrogen and oxygen atoms in total. The highest BCUT2D eigenvalue weighted by Crippen LogP contribution is 2.22. The van der Waals surface area contributed by atoms with Crippen molar-refractivity contribution in [3.8, 4) is 0 Å². The Bertz CT molecular complexity index is 478. The zero-order valence-corrected chi connectivity index (χ0v) is 13.3. The Morgan fingerprint density at radius 3 is 2.53 bits per heavy atom. The molecule has 1 aromatic rings. The first-order valence-corrected chi connectivity index (χ1v) is 8.30. The Balaban J connectivity index is 2.91. The van der Waals surface area contributed by atoms with E-state index in [9.17, 15) is 8.42 Å². The summed E-state index contributed by atoms with van der Waals surface area (Å²) < 4.78 is 27.9. The maximum Gasteiger partial charge on any atom is 0.260 e. The molecule has 17 heavy (non-hydrogen) atoms. The van der Waals surface area contributed by atoms with Crippen LogP contribution in [0.1, 0.15) is 13.8 Å². The summed E-state index contributed by atoms with van der Waals surface area (Å²) in [4.78, 5) is 0. The predicted molar refractivity (Wildman–Crippen MR) is 71.5 cm³/mol. The van der Waals surface area contributed by atoms with Crippen molar-refractivity contribution in [2.24, 2.45) is 7.05 Å². The molecule has 1 N–H and O–H groups in total. The second-order valence-electron chi connectivity index (χ2n) is 4.10. The second-order valence-corrected chi connectivity index (χ2v) is 8.04. The molecule has 98 valence electrons. The van der Waals surface area contributed by atoms with Crippen molar-refractivity contribution >= 4 is 37.7 Å². The van der Waals surface area contributed by atoms with Gasteiger partial charge in [-0.15, -0.1) is 5.10 Å². The highest BCUT2D eigenvalue weighted by Gasteiger charge is 2.26. The van der Waals surface area contributed by atoms with Crippen molar-refractivity contribution in [3.05, 3.63) is 4.60 Å². The van der Waals surface area contributed by atoms with Gasteiger partial charge in [-0.1, -0.05) is 5.21 Å². The van der Waals surface area contributed by atoms with Gasteiger partial charge in [0.05, 0.1) is 0 Å². The van der Waals surface area contributed by atoms with Crippen LogP contribution in [0.3, 0.4) is 0 Å². The van der Waals surface area contributed by atoms with Gasteiger partial charge in [0.1, 0.15) is 0 Å². The highest BCUT2D eigenvalue weighted by atomic mass is 79.9. The predicted octanol–water partition coefficient (Wildman–Crippen LogP) is 0.998. The number of sulfonamides is 1. The van der Waals surface area contributed by atoms with E-state index in [-0.39, 0.29) is 14.4 Å². The molecular weight excluding hydrogens is 328 g/mol. The molecule has 9 heteroatoms. The minimum Gasteiger partial charge on any atom is -0.235 e. The smallest absolute Gasteiger partial charge is 0.235 e. The minimum absolute atomic E-state index is 0.0365. The molecule has 0 saturated heterocycles. The average molecular weight is 343 g/mol. The fourth-order valence-corrected chi connectivity index (χ4v) is 3.63. The van der Waals surface area contributed by atoms with Gasteiger partial charge in [0.15, 0.2) is 4.60 Å². The lowest BCUT2D eigenvalue weighted by Gasteiger charge is -2.22. The average Bonchev–Trinajstić information content (AvgIpc) is 2.57. The van der Waals surface area contributed by atoms with Crippen molar-refractivity contribution in [3.63, 3.8) is 0 Å². The number of thioether (sulfide) groups is 1. The van der Waals surface area contributed by atoms with Gasteiger partial charge in [-0.2, -0.15) is 11.8 Å². The monoisotopic (exact) mass is 342 g/mol. The lowest BCUT2D eigenvalue weighted by Crippen LogP contribution is -2.36. The Morgan fingerprint density at radius 1 is 1.53 bits per heavy atom. The molecule has 0 bridgehead atoms. The maximum absolute atomic E-state index is 12.0. The number of aryl methyl sites for hydroxylation is 1. The molecule has 0 aliphatic rings. The van der Waals surface area contributed by atoms with E-state index in [1.807, 2.05) is 20.1 Å². The van der Waals surface area contributed by atoms with Gasteiger partial charge in [-0.05, 0) is 36.0 Å². The van der Waals surface area contributed by atoms with E-state index >= 15 is 0 Å². The Morgan fingerprint density at radius 2 is 2.12 bits per heavy atom. The molecule has 0 amide bonds. The van der Waals surface area contributed by atoms with Crippen molar-refractivity contribution in [2.45, 2.75) is 23.6 Å². The molecule has 0 radical (unpaired) electrons. The topological polar surface area (TPSA) is 76.9 Å². The fourth-order valence-electron chi connectivity index (χ4n) is 1.02. The molecule has 1 heterocycles. The Hall–Kier alpha value is -0.120. The summed E-state index contributed by atoms with van der Waals surface area (Å²) >= 11 is 4.67. The van der Waals surface area contributed by atoms with E-state index in [4.69, 9.17) is 0 Å². The van der Waals surface area contributed by atoms with Crippen LogP contribution in [0, 0.1) is 0 Å².